The third-order valence-corrected chi connectivity index (χ3v) is 3.64. The van der Waals surface area contributed by atoms with E-state index in [9.17, 15) is 15.2 Å². The first-order valence-electron chi connectivity index (χ1n) is 7.13. The van der Waals surface area contributed by atoms with Crippen molar-refractivity contribution in [2.45, 2.75) is 26.2 Å². The van der Waals surface area contributed by atoms with Crippen molar-refractivity contribution in [3.63, 3.8) is 0 Å². The number of hydrogen-bond acceptors (Lipinski definition) is 4. The molecule has 0 aliphatic rings. The van der Waals surface area contributed by atoms with Gasteiger partial charge in [-0.25, -0.2) is 0 Å². The van der Waals surface area contributed by atoms with Gasteiger partial charge in [0, 0.05) is 23.9 Å². The quantitative estimate of drug-likeness (QED) is 0.499. The normalized spacial score (nSPS) is 12.5. The summed E-state index contributed by atoms with van der Waals surface area (Å²) < 4.78 is 0. The lowest BCUT2D eigenvalue weighted by Crippen LogP contribution is -1.93. The monoisotopic (exact) mass is 298 g/mol. The van der Waals surface area contributed by atoms with Crippen LogP contribution in [0.25, 0.3) is 0 Å². The van der Waals surface area contributed by atoms with Gasteiger partial charge < -0.3 is 5.11 Å². The molecule has 5 heteroatoms. The Bertz CT molecular complexity index is 711. The Labute approximate surface area is 129 Å². The van der Waals surface area contributed by atoms with Crippen LogP contribution in [-0.4, -0.2) is 16.2 Å². The van der Waals surface area contributed by atoms with Crippen LogP contribution in [0.3, 0.4) is 0 Å². The summed E-state index contributed by atoms with van der Waals surface area (Å²) in [6.07, 6.45) is 2.46. The zero-order chi connectivity index (χ0) is 16.1. The van der Waals surface area contributed by atoms with E-state index in [1.165, 1.54) is 24.4 Å². The predicted octanol–water partition coefficient (Wildman–Crippen LogP) is 4.56. The van der Waals surface area contributed by atoms with Gasteiger partial charge in [-0.05, 0) is 30.0 Å². The molecule has 0 amide bonds. The highest BCUT2D eigenvalue weighted by Gasteiger charge is 2.10. The molecule has 0 saturated carbocycles. The molecule has 0 fully saturated rings. The van der Waals surface area contributed by atoms with Crippen LogP contribution in [0.4, 0.5) is 11.4 Å². The molecule has 0 aromatic heterocycles. The molecule has 22 heavy (non-hydrogen) atoms. The smallest absolute Gasteiger partial charge is 0.270 e. The van der Waals surface area contributed by atoms with Gasteiger partial charge in [0.05, 0.1) is 10.6 Å². The fourth-order valence-corrected chi connectivity index (χ4v) is 2.14. The molecule has 5 nitrogen and oxygen atoms in total. The van der Waals surface area contributed by atoms with Crippen molar-refractivity contribution in [3.8, 4) is 5.75 Å². The number of phenols is 1. The fourth-order valence-electron chi connectivity index (χ4n) is 2.14. The summed E-state index contributed by atoms with van der Waals surface area (Å²) in [6.45, 7) is 4.23. The summed E-state index contributed by atoms with van der Waals surface area (Å²) >= 11 is 0. The Hall–Kier alpha value is -2.69. The van der Waals surface area contributed by atoms with Gasteiger partial charge >= 0.3 is 0 Å². The van der Waals surface area contributed by atoms with Crippen LogP contribution in [0.1, 0.15) is 37.3 Å². The minimum absolute atomic E-state index is 0.0321. The van der Waals surface area contributed by atoms with E-state index in [2.05, 4.69) is 18.8 Å². The van der Waals surface area contributed by atoms with E-state index in [0.29, 0.717) is 11.5 Å². The second-order valence-corrected chi connectivity index (χ2v) is 5.13. The summed E-state index contributed by atoms with van der Waals surface area (Å²) in [5, 5.41) is 20.6. The molecule has 2 aromatic rings. The average Bonchev–Trinajstić information content (AvgIpc) is 2.53. The lowest BCUT2D eigenvalue weighted by atomic mass is 9.97. The highest BCUT2D eigenvalue weighted by atomic mass is 16.6. The number of aromatic hydroxyl groups is 1. The second kappa shape index (κ2) is 6.85. The molecule has 1 atom stereocenters. The molecule has 0 saturated heterocycles. The number of rotatable bonds is 5. The van der Waals surface area contributed by atoms with Crippen LogP contribution < -0.4 is 0 Å². The van der Waals surface area contributed by atoms with Gasteiger partial charge in [0.2, 0.25) is 0 Å². The lowest BCUT2D eigenvalue weighted by molar-refractivity contribution is -0.384. The number of nitrogens with zero attached hydrogens (tertiary/aromatic N) is 2. The maximum Gasteiger partial charge on any atom is 0.270 e. The Morgan fingerprint density at radius 2 is 2.05 bits per heavy atom. The van der Waals surface area contributed by atoms with Crippen LogP contribution in [0.2, 0.25) is 0 Å². The molecule has 0 spiro atoms. The maximum absolute atomic E-state index is 10.8. The van der Waals surface area contributed by atoms with Crippen molar-refractivity contribution in [2.75, 3.05) is 0 Å². The van der Waals surface area contributed by atoms with Crippen LogP contribution >= 0.6 is 0 Å². The van der Waals surface area contributed by atoms with Crippen molar-refractivity contribution in [2.24, 2.45) is 4.99 Å². The summed E-state index contributed by atoms with van der Waals surface area (Å²) in [4.78, 5) is 14.7. The average molecular weight is 298 g/mol. The molecule has 1 N–H and O–H groups in total. The van der Waals surface area contributed by atoms with E-state index >= 15 is 0 Å². The third kappa shape index (κ3) is 3.49. The molecule has 2 aromatic carbocycles. The largest absolute Gasteiger partial charge is 0.507 e. The first-order valence-corrected chi connectivity index (χ1v) is 7.13. The number of para-hydroxylation sites is 1. The molecular formula is C17H18N2O3. The van der Waals surface area contributed by atoms with E-state index in [4.69, 9.17) is 0 Å². The van der Waals surface area contributed by atoms with E-state index in [1.807, 2.05) is 24.3 Å². The first-order chi connectivity index (χ1) is 10.5. The molecule has 0 bridgehead atoms. The maximum atomic E-state index is 10.8. The minimum Gasteiger partial charge on any atom is -0.507 e. The first kappa shape index (κ1) is 15.7. The number of phenolic OH excluding ortho intramolecular Hbond substituents is 1. The van der Waals surface area contributed by atoms with Crippen molar-refractivity contribution in [1.82, 2.24) is 0 Å². The van der Waals surface area contributed by atoms with Crippen molar-refractivity contribution in [3.05, 3.63) is 63.7 Å². The molecular weight excluding hydrogens is 280 g/mol. The van der Waals surface area contributed by atoms with E-state index in [0.717, 1.165) is 17.7 Å². The van der Waals surface area contributed by atoms with Gasteiger partial charge in [-0.1, -0.05) is 32.0 Å². The molecule has 0 aliphatic carbocycles. The summed E-state index contributed by atoms with van der Waals surface area (Å²) in [7, 11) is 0. The number of nitro groups is 1. The van der Waals surface area contributed by atoms with Crippen LogP contribution in [0.15, 0.2) is 47.5 Å². The molecule has 0 unspecified atom stereocenters. The van der Waals surface area contributed by atoms with Crippen LogP contribution in [0.5, 0.6) is 5.75 Å². The van der Waals surface area contributed by atoms with Gasteiger partial charge in [-0.2, -0.15) is 0 Å². The molecule has 0 aliphatic heterocycles. The fraction of sp³-hybridized carbons (Fsp3) is 0.235. The number of non-ortho nitro benzene ring substituents is 1. The van der Waals surface area contributed by atoms with E-state index in [-0.39, 0.29) is 11.4 Å². The molecule has 0 heterocycles. The zero-order valence-corrected chi connectivity index (χ0v) is 12.6. The van der Waals surface area contributed by atoms with Gasteiger partial charge in [0.25, 0.3) is 5.69 Å². The van der Waals surface area contributed by atoms with Gasteiger partial charge in [0.15, 0.2) is 0 Å². The Kier molecular flexibility index (Phi) is 4.88. The SMILES string of the molecule is CC[C@H](C)c1ccccc1N=Cc1cc([N+](=O)[O-])ccc1O. The second-order valence-electron chi connectivity index (χ2n) is 5.13. The van der Waals surface area contributed by atoms with Crippen molar-refractivity contribution < 1.29 is 10.0 Å². The Morgan fingerprint density at radius 3 is 2.73 bits per heavy atom. The Balaban J connectivity index is 2.37. The number of nitro benzene ring substituents is 1. The van der Waals surface area contributed by atoms with E-state index < -0.39 is 4.92 Å². The standard InChI is InChI=1S/C17H18N2O3/c1-3-12(2)15-6-4-5-7-16(15)18-11-13-10-14(19(21)22)8-9-17(13)20/h4-12,20H,3H2,1-2H3/t12-/m0/s1. The zero-order valence-electron chi connectivity index (χ0n) is 12.6. The topological polar surface area (TPSA) is 75.7 Å². The molecule has 114 valence electrons. The van der Waals surface area contributed by atoms with Gasteiger partial charge in [-0.3, -0.25) is 15.1 Å². The summed E-state index contributed by atoms with van der Waals surface area (Å²) in [6, 6.07) is 11.7. The van der Waals surface area contributed by atoms with Crippen molar-refractivity contribution >= 4 is 17.6 Å². The van der Waals surface area contributed by atoms with Crippen LogP contribution in [0, 0.1) is 10.1 Å². The highest BCUT2D eigenvalue weighted by molar-refractivity contribution is 5.86. The van der Waals surface area contributed by atoms with E-state index in [1.54, 1.807) is 0 Å². The highest BCUT2D eigenvalue weighted by Crippen LogP contribution is 2.29. The lowest BCUT2D eigenvalue weighted by Gasteiger charge is -2.11. The van der Waals surface area contributed by atoms with Crippen molar-refractivity contribution in [1.29, 1.82) is 0 Å². The third-order valence-electron chi connectivity index (χ3n) is 3.64. The molecule has 2 rings (SSSR count). The number of aliphatic imine (C=N–C) groups is 1. The predicted molar refractivity (Wildman–Crippen MR) is 87.2 cm³/mol. The summed E-state index contributed by atoms with van der Waals surface area (Å²) in [5.74, 6) is 0.336. The molecule has 0 radical (unpaired) electrons. The number of hydrogen-bond donors (Lipinski definition) is 1. The van der Waals surface area contributed by atoms with Crippen LogP contribution in [-0.2, 0) is 0 Å². The van der Waals surface area contributed by atoms with Gasteiger partial charge in [-0.15, -0.1) is 0 Å². The summed E-state index contributed by atoms with van der Waals surface area (Å²) in [5.41, 5.74) is 2.18. The minimum atomic E-state index is -0.496. The Morgan fingerprint density at radius 1 is 1.32 bits per heavy atom. The number of benzene rings is 2. The van der Waals surface area contributed by atoms with Gasteiger partial charge in [0.1, 0.15) is 5.75 Å².